The van der Waals surface area contributed by atoms with Gasteiger partial charge in [-0.1, -0.05) is 34.5 Å². The molecule has 2 heteroatoms. The van der Waals surface area contributed by atoms with Crippen LogP contribution in [0, 0.1) is 17.8 Å². The molecule has 4 unspecified atom stereocenters. The van der Waals surface area contributed by atoms with E-state index in [9.17, 15) is 0 Å². The van der Waals surface area contributed by atoms with E-state index >= 15 is 0 Å². The molecule has 2 bridgehead atoms. The van der Waals surface area contributed by atoms with Crippen LogP contribution in [0.25, 0.3) is 0 Å². The molecular formula is C17H24BrN. The van der Waals surface area contributed by atoms with Crippen LogP contribution in [0.3, 0.4) is 0 Å². The van der Waals surface area contributed by atoms with Gasteiger partial charge in [0, 0.05) is 10.5 Å². The van der Waals surface area contributed by atoms with Crippen LogP contribution in [0.4, 0.5) is 0 Å². The minimum absolute atomic E-state index is 0.644. The van der Waals surface area contributed by atoms with E-state index in [4.69, 9.17) is 0 Å². The largest absolute Gasteiger partial charge is 0.317 e. The summed E-state index contributed by atoms with van der Waals surface area (Å²) in [6.45, 7) is 0. The number of benzene rings is 1. The predicted molar refractivity (Wildman–Crippen MR) is 84.2 cm³/mol. The van der Waals surface area contributed by atoms with Crippen molar-refractivity contribution < 1.29 is 0 Å². The Morgan fingerprint density at radius 2 is 2.00 bits per heavy atom. The van der Waals surface area contributed by atoms with E-state index in [-0.39, 0.29) is 0 Å². The number of nitrogens with one attached hydrogen (secondary N) is 1. The third-order valence-corrected chi connectivity index (χ3v) is 5.80. The highest BCUT2D eigenvalue weighted by Crippen LogP contribution is 2.49. The lowest BCUT2D eigenvalue weighted by Crippen LogP contribution is -2.31. The Hall–Kier alpha value is -0.340. The molecule has 0 amide bonds. The second kappa shape index (κ2) is 5.97. The average Bonchev–Trinajstić information content (AvgIpc) is 3.03. The first kappa shape index (κ1) is 13.6. The van der Waals surface area contributed by atoms with Crippen molar-refractivity contribution in [2.75, 3.05) is 7.05 Å². The van der Waals surface area contributed by atoms with Gasteiger partial charge in [0.15, 0.2) is 0 Å². The molecule has 1 aromatic carbocycles. The monoisotopic (exact) mass is 321 g/mol. The Morgan fingerprint density at radius 3 is 2.58 bits per heavy atom. The lowest BCUT2D eigenvalue weighted by Gasteiger charge is -2.26. The van der Waals surface area contributed by atoms with Crippen LogP contribution in [0.1, 0.15) is 37.7 Å². The lowest BCUT2D eigenvalue weighted by molar-refractivity contribution is 0.281. The Labute approximate surface area is 125 Å². The highest BCUT2D eigenvalue weighted by atomic mass is 79.9. The molecule has 0 aromatic heterocycles. The van der Waals surface area contributed by atoms with Crippen molar-refractivity contribution in [1.29, 1.82) is 0 Å². The zero-order chi connectivity index (χ0) is 13.2. The third-order valence-electron chi connectivity index (χ3n) is 5.28. The zero-order valence-electron chi connectivity index (χ0n) is 11.7. The van der Waals surface area contributed by atoms with Crippen molar-refractivity contribution in [1.82, 2.24) is 5.32 Å². The number of hydrogen-bond acceptors (Lipinski definition) is 1. The van der Waals surface area contributed by atoms with E-state index < -0.39 is 0 Å². The molecular weight excluding hydrogens is 298 g/mol. The molecule has 19 heavy (non-hydrogen) atoms. The fourth-order valence-electron chi connectivity index (χ4n) is 4.24. The SMILES string of the molecule is CNC(Cc1ccc(Br)cc1)CC1CC2CCC1C2. The Kier molecular flexibility index (Phi) is 4.28. The van der Waals surface area contributed by atoms with E-state index in [1.54, 1.807) is 0 Å². The minimum Gasteiger partial charge on any atom is -0.317 e. The maximum absolute atomic E-state index is 3.54. The van der Waals surface area contributed by atoms with Gasteiger partial charge in [-0.15, -0.1) is 0 Å². The molecule has 2 aliphatic rings. The highest BCUT2D eigenvalue weighted by molar-refractivity contribution is 9.10. The normalized spacial score (nSPS) is 30.7. The summed E-state index contributed by atoms with van der Waals surface area (Å²) in [6, 6.07) is 9.44. The second-order valence-corrected chi connectivity index (χ2v) is 7.40. The average molecular weight is 322 g/mol. The van der Waals surface area contributed by atoms with Gasteiger partial charge in [0.2, 0.25) is 0 Å². The molecule has 1 aromatic rings. The number of fused-ring (bicyclic) bond motifs is 2. The highest BCUT2D eigenvalue weighted by Gasteiger charge is 2.39. The summed E-state index contributed by atoms with van der Waals surface area (Å²) in [4.78, 5) is 0. The van der Waals surface area contributed by atoms with Crippen LogP contribution in [0.5, 0.6) is 0 Å². The smallest absolute Gasteiger partial charge is 0.0175 e. The molecule has 0 aliphatic heterocycles. The van der Waals surface area contributed by atoms with Crippen LogP contribution in [0.2, 0.25) is 0 Å². The summed E-state index contributed by atoms with van der Waals surface area (Å²) >= 11 is 3.51. The summed E-state index contributed by atoms with van der Waals surface area (Å²) in [5.41, 5.74) is 1.45. The van der Waals surface area contributed by atoms with Crippen molar-refractivity contribution in [2.24, 2.45) is 17.8 Å². The van der Waals surface area contributed by atoms with E-state index in [0.717, 1.165) is 24.2 Å². The van der Waals surface area contributed by atoms with Gasteiger partial charge in [0.25, 0.3) is 0 Å². The first-order valence-corrected chi connectivity index (χ1v) is 8.45. The first-order chi connectivity index (χ1) is 9.24. The summed E-state index contributed by atoms with van der Waals surface area (Å²) in [7, 11) is 2.12. The quantitative estimate of drug-likeness (QED) is 0.847. The minimum atomic E-state index is 0.644. The second-order valence-electron chi connectivity index (χ2n) is 6.49. The molecule has 0 spiro atoms. The Bertz CT molecular complexity index is 414. The van der Waals surface area contributed by atoms with E-state index in [1.807, 2.05) is 0 Å². The maximum atomic E-state index is 3.54. The predicted octanol–water partition coefficient (Wildman–Crippen LogP) is 4.41. The molecule has 4 atom stereocenters. The fourth-order valence-corrected chi connectivity index (χ4v) is 4.50. The summed E-state index contributed by atoms with van der Waals surface area (Å²) in [6.07, 6.45) is 8.58. The zero-order valence-corrected chi connectivity index (χ0v) is 13.3. The molecule has 2 aliphatic carbocycles. The lowest BCUT2D eigenvalue weighted by atomic mass is 9.83. The summed E-state index contributed by atoms with van der Waals surface area (Å²) in [5.74, 6) is 3.11. The van der Waals surface area contributed by atoms with Gasteiger partial charge in [-0.3, -0.25) is 0 Å². The van der Waals surface area contributed by atoms with Crippen molar-refractivity contribution >= 4 is 15.9 Å². The molecule has 0 heterocycles. The molecule has 104 valence electrons. The number of rotatable bonds is 5. The molecule has 3 rings (SSSR count). The van der Waals surface area contributed by atoms with Crippen molar-refractivity contribution in [3.63, 3.8) is 0 Å². The van der Waals surface area contributed by atoms with Gasteiger partial charge in [-0.2, -0.15) is 0 Å². The molecule has 0 radical (unpaired) electrons. The van der Waals surface area contributed by atoms with Gasteiger partial charge in [-0.25, -0.2) is 0 Å². The number of likely N-dealkylation sites (N-methyl/N-ethyl adjacent to an activating group) is 1. The third kappa shape index (κ3) is 3.22. The van der Waals surface area contributed by atoms with Gasteiger partial charge in [-0.05, 0) is 74.6 Å². The number of halogens is 1. The molecule has 2 saturated carbocycles. The Balaban J connectivity index is 1.57. The van der Waals surface area contributed by atoms with E-state index in [2.05, 4.69) is 52.6 Å². The van der Waals surface area contributed by atoms with Crippen molar-refractivity contribution in [3.05, 3.63) is 34.3 Å². The van der Waals surface area contributed by atoms with Crippen LogP contribution < -0.4 is 5.32 Å². The topological polar surface area (TPSA) is 12.0 Å². The van der Waals surface area contributed by atoms with Crippen LogP contribution >= 0.6 is 15.9 Å². The van der Waals surface area contributed by atoms with Crippen LogP contribution in [0.15, 0.2) is 28.7 Å². The molecule has 1 N–H and O–H groups in total. The van der Waals surface area contributed by atoms with Gasteiger partial charge < -0.3 is 5.32 Å². The van der Waals surface area contributed by atoms with Crippen LogP contribution in [-0.2, 0) is 6.42 Å². The summed E-state index contributed by atoms with van der Waals surface area (Å²) in [5, 5.41) is 3.54. The van der Waals surface area contributed by atoms with E-state index in [1.165, 1.54) is 42.1 Å². The van der Waals surface area contributed by atoms with Crippen LogP contribution in [-0.4, -0.2) is 13.1 Å². The molecule has 0 saturated heterocycles. The van der Waals surface area contributed by atoms with Gasteiger partial charge in [0.05, 0.1) is 0 Å². The van der Waals surface area contributed by atoms with E-state index in [0.29, 0.717) is 6.04 Å². The molecule has 1 nitrogen and oxygen atoms in total. The fraction of sp³-hybridized carbons (Fsp3) is 0.647. The van der Waals surface area contributed by atoms with Gasteiger partial charge >= 0.3 is 0 Å². The van der Waals surface area contributed by atoms with Gasteiger partial charge in [0.1, 0.15) is 0 Å². The maximum Gasteiger partial charge on any atom is 0.0175 e. The summed E-state index contributed by atoms with van der Waals surface area (Å²) < 4.78 is 1.17. The standard InChI is InChI=1S/C17H24BrN/c1-19-17(10-12-3-6-16(18)7-4-12)11-15-9-13-2-5-14(15)8-13/h3-4,6-7,13-15,17,19H,2,5,8-11H2,1H3. The first-order valence-electron chi connectivity index (χ1n) is 7.66. The molecule has 2 fully saturated rings. The van der Waals surface area contributed by atoms with Crippen molar-refractivity contribution in [2.45, 2.75) is 44.6 Å². The van der Waals surface area contributed by atoms with Crippen molar-refractivity contribution in [3.8, 4) is 0 Å². The number of hydrogen-bond donors (Lipinski definition) is 1. The Morgan fingerprint density at radius 1 is 1.21 bits per heavy atom.